The molecule has 0 fully saturated rings. The van der Waals surface area contributed by atoms with E-state index in [1.54, 1.807) is 23.9 Å². The number of nitrogens with zero attached hydrogens (tertiary/aromatic N) is 2. The summed E-state index contributed by atoms with van der Waals surface area (Å²) in [7, 11) is 1.61. The van der Waals surface area contributed by atoms with Crippen LogP contribution in [0.25, 0.3) is 0 Å². The fourth-order valence-electron chi connectivity index (χ4n) is 3.20. The standard InChI is InChI=1S/C17H18Cl3N3O2/c1-3-10(8-25-2)23-7-14(20)22-16(17(23)24)12-6-21-15-11(12)4-9(18)5-13(15)19/h4-5,7,10,12,21H,3,6,8H2,1-2H3/t10-,12?/m1/s1. The second-order valence-corrected chi connectivity index (χ2v) is 7.19. The first-order valence-electron chi connectivity index (χ1n) is 7.96. The number of ether oxygens (including phenoxy) is 1. The first kappa shape index (κ1) is 18.5. The lowest BCUT2D eigenvalue weighted by Gasteiger charge is -2.20. The third kappa shape index (κ3) is 3.51. The van der Waals surface area contributed by atoms with E-state index in [0.29, 0.717) is 28.9 Å². The summed E-state index contributed by atoms with van der Waals surface area (Å²) in [5, 5.41) is 4.55. The summed E-state index contributed by atoms with van der Waals surface area (Å²) in [4.78, 5) is 17.4. The number of fused-ring (bicyclic) bond motifs is 1. The second-order valence-electron chi connectivity index (χ2n) is 5.96. The van der Waals surface area contributed by atoms with Crippen molar-refractivity contribution in [2.24, 2.45) is 0 Å². The average molecular weight is 403 g/mol. The van der Waals surface area contributed by atoms with Crippen molar-refractivity contribution in [2.75, 3.05) is 25.6 Å². The third-order valence-corrected chi connectivity index (χ3v) is 5.12. The number of benzene rings is 1. The van der Waals surface area contributed by atoms with Gasteiger partial charge in [0.1, 0.15) is 10.8 Å². The minimum atomic E-state index is -0.260. The molecule has 0 aliphatic carbocycles. The predicted octanol–water partition coefficient (Wildman–Crippen LogP) is 4.36. The van der Waals surface area contributed by atoms with Gasteiger partial charge in [-0.3, -0.25) is 4.79 Å². The molecule has 3 rings (SSSR count). The number of methoxy groups -OCH3 is 1. The molecule has 0 saturated carbocycles. The highest BCUT2D eigenvalue weighted by molar-refractivity contribution is 6.36. The Morgan fingerprint density at radius 3 is 2.84 bits per heavy atom. The van der Waals surface area contributed by atoms with Gasteiger partial charge in [-0.15, -0.1) is 0 Å². The highest BCUT2D eigenvalue weighted by atomic mass is 35.5. The Balaban J connectivity index is 2.12. The third-order valence-electron chi connectivity index (χ3n) is 4.42. The molecule has 2 atom stereocenters. The van der Waals surface area contributed by atoms with Crippen molar-refractivity contribution in [3.05, 3.63) is 55.1 Å². The molecule has 1 unspecified atom stereocenters. The van der Waals surface area contributed by atoms with Crippen LogP contribution in [0.1, 0.15) is 36.6 Å². The van der Waals surface area contributed by atoms with E-state index in [9.17, 15) is 4.79 Å². The Hall–Kier alpha value is -1.27. The van der Waals surface area contributed by atoms with Crippen LogP contribution in [-0.4, -0.2) is 29.8 Å². The predicted molar refractivity (Wildman–Crippen MR) is 102 cm³/mol. The number of hydrogen-bond donors (Lipinski definition) is 1. The maximum atomic E-state index is 13.1. The molecule has 0 radical (unpaired) electrons. The molecule has 2 aromatic rings. The summed E-state index contributed by atoms with van der Waals surface area (Å²) in [6.45, 7) is 2.93. The van der Waals surface area contributed by atoms with E-state index in [-0.39, 0.29) is 22.7 Å². The minimum absolute atomic E-state index is 0.103. The molecule has 2 heterocycles. The van der Waals surface area contributed by atoms with Gasteiger partial charge in [-0.05, 0) is 24.1 Å². The number of rotatable bonds is 5. The molecule has 0 saturated heterocycles. The molecule has 1 N–H and O–H groups in total. The lowest BCUT2D eigenvalue weighted by Crippen LogP contribution is -2.32. The fourth-order valence-corrected chi connectivity index (χ4v) is 3.97. The summed E-state index contributed by atoms with van der Waals surface area (Å²) in [5.41, 5.74) is 1.85. The monoisotopic (exact) mass is 401 g/mol. The summed E-state index contributed by atoms with van der Waals surface area (Å²) in [6.07, 6.45) is 2.31. The first-order chi connectivity index (χ1) is 12.0. The Kier molecular flexibility index (Phi) is 5.58. The quantitative estimate of drug-likeness (QED) is 0.807. The Bertz CT molecular complexity index is 854. The lowest BCUT2D eigenvalue weighted by atomic mass is 9.98. The number of nitrogens with one attached hydrogen (secondary N) is 1. The SMILES string of the molecule is CC[C@H](COC)n1cc(Cl)nc(C2CNc3c(Cl)cc(Cl)cc32)c1=O. The van der Waals surface area contributed by atoms with E-state index in [1.807, 2.05) is 13.0 Å². The molecule has 134 valence electrons. The Morgan fingerprint density at radius 2 is 2.16 bits per heavy atom. The molecule has 0 bridgehead atoms. The van der Waals surface area contributed by atoms with Gasteiger partial charge in [-0.2, -0.15) is 0 Å². The van der Waals surface area contributed by atoms with Gasteiger partial charge in [0.15, 0.2) is 0 Å². The zero-order valence-corrected chi connectivity index (χ0v) is 16.1. The van der Waals surface area contributed by atoms with Crippen LogP contribution in [0.4, 0.5) is 5.69 Å². The molecule has 0 spiro atoms. The van der Waals surface area contributed by atoms with Gasteiger partial charge in [-0.1, -0.05) is 41.7 Å². The molecule has 25 heavy (non-hydrogen) atoms. The molecule has 1 aliphatic heterocycles. The molecule has 8 heteroatoms. The molecular weight excluding hydrogens is 385 g/mol. The van der Waals surface area contributed by atoms with E-state index in [0.717, 1.165) is 17.7 Å². The summed E-state index contributed by atoms with van der Waals surface area (Å²) in [6, 6.07) is 3.38. The van der Waals surface area contributed by atoms with Crippen LogP contribution in [0.15, 0.2) is 23.1 Å². The molecular formula is C17H18Cl3N3O2. The van der Waals surface area contributed by atoms with Crippen molar-refractivity contribution in [1.29, 1.82) is 0 Å². The summed E-state index contributed by atoms with van der Waals surface area (Å²) >= 11 is 18.6. The Morgan fingerprint density at radius 1 is 1.40 bits per heavy atom. The van der Waals surface area contributed by atoms with Gasteiger partial charge in [0.25, 0.3) is 5.56 Å². The van der Waals surface area contributed by atoms with Gasteiger partial charge >= 0.3 is 0 Å². The van der Waals surface area contributed by atoms with E-state index in [1.165, 1.54) is 0 Å². The zero-order valence-electron chi connectivity index (χ0n) is 13.9. The van der Waals surface area contributed by atoms with E-state index < -0.39 is 0 Å². The van der Waals surface area contributed by atoms with Crippen LogP contribution in [-0.2, 0) is 4.74 Å². The minimum Gasteiger partial charge on any atom is -0.383 e. The number of aromatic nitrogens is 2. The number of halogens is 3. The number of hydrogen-bond acceptors (Lipinski definition) is 4. The first-order valence-corrected chi connectivity index (χ1v) is 9.10. The van der Waals surface area contributed by atoms with Gasteiger partial charge in [0.05, 0.1) is 29.3 Å². The van der Waals surface area contributed by atoms with E-state index >= 15 is 0 Å². The van der Waals surface area contributed by atoms with Crippen molar-refractivity contribution < 1.29 is 4.74 Å². The van der Waals surface area contributed by atoms with E-state index in [2.05, 4.69) is 10.3 Å². The van der Waals surface area contributed by atoms with E-state index in [4.69, 9.17) is 39.5 Å². The van der Waals surface area contributed by atoms with Crippen molar-refractivity contribution in [1.82, 2.24) is 9.55 Å². The number of anilines is 1. The van der Waals surface area contributed by atoms with Crippen molar-refractivity contribution in [3.63, 3.8) is 0 Å². The smallest absolute Gasteiger partial charge is 0.273 e. The van der Waals surface area contributed by atoms with Gasteiger partial charge < -0.3 is 14.6 Å². The highest BCUT2D eigenvalue weighted by Gasteiger charge is 2.30. The normalized spacial score (nSPS) is 17.2. The maximum absolute atomic E-state index is 13.1. The van der Waals surface area contributed by atoms with Crippen molar-refractivity contribution in [3.8, 4) is 0 Å². The largest absolute Gasteiger partial charge is 0.383 e. The van der Waals surface area contributed by atoms with Crippen LogP contribution in [0.5, 0.6) is 0 Å². The summed E-state index contributed by atoms with van der Waals surface area (Å²) < 4.78 is 6.84. The van der Waals surface area contributed by atoms with Crippen LogP contribution in [0, 0.1) is 0 Å². The van der Waals surface area contributed by atoms with Crippen LogP contribution in [0.2, 0.25) is 15.2 Å². The average Bonchev–Trinajstić information content (AvgIpc) is 2.98. The molecule has 5 nitrogen and oxygen atoms in total. The summed E-state index contributed by atoms with van der Waals surface area (Å²) in [5.74, 6) is -0.260. The van der Waals surface area contributed by atoms with Crippen LogP contribution < -0.4 is 10.9 Å². The van der Waals surface area contributed by atoms with Crippen molar-refractivity contribution in [2.45, 2.75) is 25.3 Å². The molecule has 1 aromatic heterocycles. The molecule has 1 aliphatic rings. The van der Waals surface area contributed by atoms with Gasteiger partial charge in [0.2, 0.25) is 0 Å². The Labute approximate surface area is 160 Å². The van der Waals surface area contributed by atoms with Crippen LogP contribution >= 0.6 is 34.8 Å². The van der Waals surface area contributed by atoms with Gasteiger partial charge in [-0.25, -0.2) is 4.98 Å². The lowest BCUT2D eigenvalue weighted by molar-refractivity contribution is 0.151. The van der Waals surface area contributed by atoms with Gasteiger partial charge in [0, 0.05) is 24.9 Å². The van der Waals surface area contributed by atoms with Crippen molar-refractivity contribution >= 4 is 40.5 Å². The zero-order chi connectivity index (χ0) is 18.1. The fraction of sp³-hybridized carbons (Fsp3) is 0.412. The maximum Gasteiger partial charge on any atom is 0.273 e. The molecule has 0 amide bonds. The molecule has 1 aromatic carbocycles. The highest BCUT2D eigenvalue weighted by Crippen LogP contribution is 2.41. The topological polar surface area (TPSA) is 56.1 Å². The second kappa shape index (κ2) is 7.54. The van der Waals surface area contributed by atoms with Crippen LogP contribution in [0.3, 0.4) is 0 Å².